The first kappa shape index (κ1) is 17.9. The van der Waals surface area contributed by atoms with E-state index in [0.29, 0.717) is 4.47 Å². The summed E-state index contributed by atoms with van der Waals surface area (Å²) in [5.74, 6) is -5.04. The molecule has 1 rings (SSSR count). The normalized spacial score (nSPS) is 14.0. The van der Waals surface area contributed by atoms with Crippen molar-refractivity contribution in [2.75, 3.05) is 0 Å². The van der Waals surface area contributed by atoms with Crippen LogP contribution >= 0.6 is 39.9 Å². The Kier molecular flexibility index (Phi) is 5.86. The van der Waals surface area contributed by atoms with E-state index in [4.69, 9.17) is 17.3 Å². The van der Waals surface area contributed by atoms with Gasteiger partial charge in [0.25, 0.3) is 0 Å². The Morgan fingerprint density at radius 2 is 1.67 bits per heavy atom. The maximum Gasteiger partial charge on any atom is 0.455 e. The third-order valence-electron chi connectivity index (χ3n) is 2.06. The van der Waals surface area contributed by atoms with E-state index in [1.165, 1.54) is 12.1 Å². The lowest BCUT2D eigenvalue weighted by molar-refractivity contribution is -0.290. The van der Waals surface area contributed by atoms with Gasteiger partial charge in [0.2, 0.25) is 0 Å². The molecule has 0 aromatic heterocycles. The van der Waals surface area contributed by atoms with Crippen LogP contribution in [0.25, 0.3) is 0 Å². The zero-order valence-corrected chi connectivity index (χ0v) is 11.6. The Hall–Kier alpha value is -0.110. The van der Waals surface area contributed by atoms with Gasteiger partial charge in [0.15, 0.2) is 0 Å². The monoisotopic (exact) mass is 373 g/mol. The second-order valence-corrected chi connectivity index (χ2v) is 4.59. The van der Waals surface area contributed by atoms with Crippen molar-refractivity contribution in [1.29, 1.82) is 0 Å². The van der Waals surface area contributed by atoms with Gasteiger partial charge in [-0.15, -0.1) is 12.4 Å². The molecule has 0 unspecified atom stereocenters. The number of nitrogens with two attached hydrogens (primary N) is 1. The summed E-state index contributed by atoms with van der Waals surface area (Å²) in [4.78, 5) is 0. The molecule has 1 atom stereocenters. The van der Waals surface area contributed by atoms with Gasteiger partial charge in [-0.05, 0) is 23.8 Å². The standard InChI is InChI=1S/C9H6BrClF5N.ClH/c10-4-1-2-6(11)5(3-4)7(17)8(12,13)9(14,15)16;/h1-3,7H,17H2;1H/t7-;/m0./s1. The van der Waals surface area contributed by atoms with Crippen molar-refractivity contribution >= 4 is 39.9 Å². The molecular weight excluding hydrogens is 368 g/mol. The Labute approximate surface area is 119 Å². The van der Waals surface area contributed by atoms with Gasteiger partial charge in [0.05, 0.1) is 0 Å². The van der Waals surface area contributed by atoms with E-state index in [0.717, 1.165) is 6.07 Å². The number of benzene rings is 1. The lowest BCUT2D eigenvalue weighted by Gasteiger charge is -2.26. The molecular formula is C9H7BrCl2F5N. The predicted molar refractivity (Wildman–Crippen MR) is 64.3 cm³/mol. The Morgan fingerprint density at radius 1 is 1.17 bits per heavy atom. The van der Waals surface area contributed by atoms with Crippen molar-refractivity contribution in [3.8, 4) is 0 Å². The fourth-order valence-electron chi connectivity index (χ4n) is 1.12. The highest BCUT2D eigenvalue weighted by Gasteiger charge is 2.62. The third-order valence-corrected chi connectivity index (χ3v) is 2.90. The van der Waals surface area contributed by atoms with Gasteiger partial charge in [-0.25, -0.2) is 0 Å². The van der Waals surface area contributed by atoms with Gasteiger partial charge in [0.1, 0.15) is 6.04 Å². The molecule has 1 aromatic carbocycles. The molecule has 0 aliphatic carbocycles. The van der Waals surface area contributed by atoms with Gasteiger partial charge in [-0.2, -0.15) is 22.0 Å². The lowest BCUT2D eigenvalue weighted by atomic mass is 10.0. The summed E-state index contributed by atoms with van der Waals surface area (Å²) in [5.41, 5.74) is 4.48. The number of hydrogen-bond donors (Lipinski definition) is 1. The van der Waals surface area contributed by atoms with E-state index in [1.54, 1.807) is 0 Å². The second kappa shape index (κ2) is 5.90. The minimum atomic E-state index is -5.72. The van der Waals surface area contributed by atoms with E-state index >= 15 is 0 Å². The van der Waals surface area contributed by atoms with Crippen LogP contribution < -0.4 is 5.73 Å². The van der Waals surface area contributed by atoms with Crippen LogP contribution in [-0.2, 0) is 0 Å². The molecule has 0 radical (unpaired) electrons. The Balaban J connectivity index is 0.00000289. The van der Waals surface area contributed by atoms with Crippen LogP contribution in [0.2, 0.25) is 5.02 Å². The van der Waals surface area contributed by atoms with Gasteiger partial charge < -0.3 is 5.73 Å². The van der Waals surface area contributed by atoms with E-state index in [1.807, 2.05) is 0 Å². The molecule has 9 heteroatoms. The van der Waals surface area contributed by atoms with Crippen molar-refractivity contribution < 1.29 is 22.0 Å². The van der Waals surface area contributed by atoms with Crippen LogP contribution in [0.1, 0.15) is 11.6 Å². The molecule has 0 saturated heterocycles. The van der Waals surface area contributed by atoms with Crippen molar-refractivity contribution in [2.45, 2.75) is 18.1 Å². The molecule has 1 nitrogen and oxygen atoms in total. The first-order chi connectivity index (χ1) is 7.57. The Morgan fingerprint density at radius 3 is 2.11 bits per heavy atom. The number of rotatable bonds is 2. The minimum Gasteiger partial charge on any atom is -0.319 e. The first-order valence-electron chi connectivity index (χ1n) is 4.22. The predicted octanol–water partition coefficient (Wildman–Crippen LogP) is 4.72. The average Bonchev–Trinajstić information content (AvgIpc) is 2.19. The molecule has 0 amide bonds. The van der Waals surface area contributed by atoms with Crippen molar-refractivity contribution in [3.05, 3.63) is 33.3 Å². The highest BCUT2D eigenvalue weighted by molar-refractivity contribution is 9.10. The van der Waals surface area contributed by atoms with Gasteiger partial charge in [-0.3, -0.25) is 0 Å². The fraction of sp³-hybridized carbons (Fsp3) is 0.333. The maximum absolute atomic E-state index is 13.0. The largest absolute Gasteiger partial charge is 0.455 e. The minimum absolute atomic E-state index is 0. The smallest absolute Gasteiger partial charge is 0.319 e. The first-order valence-corrected chi connectivity index (χ1v) is 5.39. The van der Waals surface area contributed by atoms with Crippen LogP contribution in [0.15, 0.2) is 22.7 Å². The molecule has 0 aliphatic rings. The summed E-state index contributed by atoms with van der Waals surface area (Å²) in [5, 5.41) is -0.246. The molecule has 0 spiro atoms. The van der Waals surface area contributed by atoms with Crippen molar-refractivity contribution in [2.24, 2.45) is 5.73 Å². The highest BCUT2D eigenvalue weighted by atomic mass is 79.9. The van der Waals surface area contributed by atoms with E-state index in [2.05, 4.69) is 15.9 Å². The summed E-state index contributed by atoms with van der Waals surface area (Å²) in [7, 11) is 0. The summed E-state index contributed by atoms with van der Waals surface area (Å²) in [6.07, 6.45) is -5.72. The topological polar surface area (TPSA) is 26.0 Å². The van der Waals surface area contributed by atoms with Gasteiger partial charge >= 0.3 is 12.1 Å². The quantitative estimate of drug-likeness (QED) is 0.744. The molecule has 104 valence electrons. The van der Waals surface area contributed by atoms with Gasteiger partial charge in [0, 0.05) is 9.50 Å². The zero-order valence-electron chi connectivity index (χ0n) is 8.44. The van der Waals surface area contributed by atoms with Crippen LogP contribution in [0, 0.1) is 0 Å². The number of alkyl halides is 5. The molecule has 0 heterocycles. The molecule has 2 N–H and O–H groups in total. The molecule has 0 aliphatic heterocycles. The summed E-state index contributed by atoms with van der Waals surface area (Å²) < 4.78 is 62.7. The third kappa shape index (κ3) is 3.46. The highest BCUT2D eigenvalue weighted by Crippen LogP contribution is 2.44. The number of halogens is 8. The van der Waals surface area contributed by atoms with E-state index in [-0.39, 0.29) is 17.4 Å². The van der Waals surface area contributed by atoms with Gasteiger partial charge in [-0.1, -0.05) is 27.5 Å². The summed E-state index contributed by atoms with van der Waals surface area (Å²) >= 11 is 8.49. The van der Waals surface area contributed by atoms with Crippen LogP contribution in [-0.4, -0.2) is 12.1 Å². The fourth-order valence-corrected chi connectivity index (χ4v) is 1.74. The summed E-state index contributed by atoms with van der Waals surface area (Å²) in [6, 6.07) is 1.08. The maximum atomic E-state index is 13.0. The van der Waals surface area contributed by atoms with Crippen LogP contribution in [0.5, 0.6) is 0 Å². The molecule has 0 fully saturated rings. The average molecular weight is 375 g/mol. The van der Waals surface area contributed by atoms with Crippen LogP contribution in [0.4, 0.5) is 22.0 Å². The zero-order chi connectivity index (χ0) is 13.4. The lowest BCUT2D eigenvalue weighted by Crippen LogP contribution is -2.45. The molecule has 0 bridgehead atoms. The van der Waals surface area contributed by atoms with Crippen molar-refractivity contribution in [3.63, 3.8) is 0 Å². The van der Waals surface area contributed by atoms with Crippen LogP contribution in [0.3, 0.4) is 0 Å². The second-order valence-electron chi connectivity index (χ2n) is 3.26. The molecule has 18 heavy (non-hydrogen) atoms. The summed E-state index contributed by atoms with van der Waals surface area (Å²) in [6.45, 7) is 0. The Bertz CT molecular complexity index is 424. The van der Waals surface area contributed by atoms with E-state index < -0.39 is 23.7 Å². The SMILES string of the molecule is Cl.N[C@@H](c1cc(Br)ccc1Cl)C(F)(F)C(F)(F)F. The van der Waals surface area contributed by atoms with Crippen molar-refractivity contribution in [1.82, 2.24) is 0 Å². The number of hydrogen-bond acceptors (Lipinski definition) is 1. The van der Waals surface area contributed by atoms with E-state index in [9.17, 15) is 22.0 Å². The molecule has 1 aromatic rings. The molecule has 0 saturated carbocycles.